The van der Waals surface area contributed by atoms with Gasteiger partial charge in [0.05, 0.1) is 10.5 Å². The summed E-state index contributed by atoms with van der Waals surface area (Å²) in [6.07, 6.45) is 1.99. The molecule has 0 aromatic carbocycles. The molecule has 6 nitrogen and oxygen atoms in total. The third-order valence-corrected chi connectivity index (χ3v) is 3.54. The van der Waals surface area contributed by atoms with Crippen molar-refractivity contribution >= 4 is 22.2 Å². The molecule has 1 amide bonds. The van der Waals surface area contributed by atoms with E-state index in [9.17, 15) is 14.9 Å². The molecule has 0 aliphatic carbocycles. The molecule has 2 heterocycles. The van der Waals surface area contributed by atoms with Crippen molar-refractivity contribution in [1.82, 2.24) is 10.6 Å². The van der Waals surface area contributed by atoms with E-state index in [0.717, 1.165) is 37.3 Å². The first-order valence-corrected chi connectivity index (χ1v) is 6.29. The van der Waals surface area contributed by atoms with Crippen molar-refractivity contribution in [2.45, 2.75) is 18.9 Å². The van der Waals surface area contributed by atoms with Crippen molar-refractivity contribution in [2.75, 3.05) is 13.1 Å². The third-order valence-electron chi connectivity index (χ3n) is 2.66. The van der Waals surface area contributed by atoms with Crippen molar-refractivity contribution in [3.63, 3.8) is 0 Å². The number of carbonyl (C=O) groups excluding carboxylic acids is 1. The van der Waals surface area contributed by atoms with E-state index in [2.05, 4.69) is 10.6 Å². The minimum atomic E-state index is -0.483. The van der Waals surface area contributed by atoms with E-state index < -0.39 is 4.92 Å². The Morgan fingerprint density at radius 3 is 3.06 bits per heavy atom. The van der Waals surface area contributed by atoms with Crippen LogP contribution >= 0.6 is 11.3 Å². The van der Waals surface area contributed by atoms with E-state index in [-0.39, 0.29) is 17.0 Å². The minimum Gasteiger partial charge on any atom is -0.348 e. The second kappa shape index (κ2) is 5.24. The maximum atomic E-state index is 11.8. The van der Waals surface area contributed by atoms with Crippen LogP contribution in [0.25, 0.3) is 0 Å². The molecule has 1 unspecified atom stereocenters. The summed E-state index contributed by atoms with van der Waals surface area (Å²) in [5.41, 5.74) is 0.368. The Morgan fingerprint density at radius 1 is 1.65 bits per heavy atom. The first-order chi connectivity index (χ1) is 8.16. The van der Waals surface area contributed by atoms with E-state index in [1.165, 1.54) is 11.4 Å². The van der Waals surface area contributed by atoms with Gasteiger partial charge in [0.2, 0.25) is 0 Å². The number of nitrogens with zero attached hydrogens (tertiary/aromatic N) is 1. The van der Waals surface area contributed by atoms with Crippen LogP contribution in [0.5, 0.6) is 0 Å². The number of amides is 1. The molecule has 1 aromatic rings. The van der Waals surface area contributed by atoms with E-state index in [1.54, 1.807) is 0 Å². The molecule has 17 heavy (non-hydrogen) atoms. The molecule has 0 spiro atoms. The smallest absolute Gasteiger partial charge is 0.324 e. The summed E-state index contributed by atoms with van der Waals surface area (Å²) in [4.78, 5) is 21.8. The quantitative estimate of drug-likeness (QED) is 0.626. The standard InChI is InChI=1S/C10H13N3O3S/c14-10(12-8-2-1-3-11-5-8)7-4-9(13(15)16)17-6-7/h4,6,8,11H,1-3,5H2,(H,12,14). The molecular formula is C10H13N3O3S. The zero-order valence-electron chi connectivity index (χ0n) is 9.14. The highest BCUT2D eigenvalue weighted by Crippen LogP contribution is 2.22. The van der Waals surface area contributed by atoms with Crippen LogP contribution in [0.3, 0.4) is 0 Å². The van der Waals surface area contributed by atoms with Crippen molar-refractivity contribution < 1.29 is 9.72 Å². The number of hydrogen-bond donors (Lipinski definition) is 2. The van der Waals surface area contributed by atoms with E-state index in [4.69, 9.17) is 0 Å². The summed E-state index contributed by atoms with van der Waals surface area (Å²) >= 11 is 0.972. The Labute approximate surface area is 102 Å². The number of nitrogens with one attached hydrogen (secondary N) is 2. The topological polar surface area (TPSA) is 84.3 Å². The number of thiophene rings is 1. The Kier molecular flexibility index (Phi) is 3.70. The number of nitro groups is 1. The summed E-state index contributed by atoms with van der Waals surface area (Å²) in [6, 6.07) is 1.44. The van der Waals surface area contributed by atoms with E-state index in [0.29, 0.717) is 5.56 Å². The molecule has 2 rings (SSSR count). The third kappa shape index (κ3) is 3.01. The lowest BCUT2D eigenvalue weighted by molar-refractivity contribution is -0.380. The summed E-state index contributed by atoms with van der Waals surface area (Å²) in [5, 5.41) is 18.1. The second-order valence-corrected chi connectivity index (χ2v) is 4.84. The predicted molar refractivity (Wildman–Crippen MR) is 64.3 cm³/mol. The molecule has 92 valence electrons. The van der Waals surface area contributed by atoms with Gasteiger partial charge < -0.3 is 10.6 Å². The Morgan fingerprint density at radius 2 is 2.47 bits per heavy atom. The van der Waals surface area contributed by atoms with Crippen molar-refractivity contribution in [1.29, 1.82) is 0 Å². The monoisotopic (exact) mass is 255 g/mol. The van der Waals surface area contributed by atoms with Crippen molar-refractivity contribution in [2.24, 2.45) is 0 Å². The van der Waals surface area contributed by atoms with Crippen LogP contribution in [0.2, 0.25) is 0 Å². The van der Waals surface area contributed by atoms with Gasteiger partial charge in [-0.25, -0.2) is 0 Å². The lowest BCUT2D eigenvalue weighted by Gasteiger charge is -2.23. The van der Waals surface area contributed by atoms with Crippen LogP contribution < -0.4 is 10.6 Å². The molecular weight excluding hydrogens is 242 g/mol. The van der Waals surface area contributed by atoms with Gasteiger partial charge in [0.15, 0.2) is 0 Å². The highest BCUT2D eigenvalue weighted by Gasteiger charge is 2.19. The SMILES string of the molecule is O=C(NC1CCCNC1)c1csc([N+](=O)[O-])c1. The number of hydrogen-bond acceptors (Lipinski definition) is 5. The van der Waals surface area contributed by atoms with Gasteiger partial charge in [0, 0.05) is 24.0 Å². The maximum absolute atomic E-state index is 11.8. The molecule has 0 bridgehead atoms. The van der Waals surface area contributed by atoms with Crippen LogP contribution in [-0.2, 0) is 0 Å². The van der Waals surface area contributed by atoms with Gasteiger partial charge in [-0.15, -0.1) is 0 Å². The second-order valence-electron chi connectivity index (χ2n) is 3.95. The summed E-state index contributed by atoms with van der Waals surface area (Å²) in [6.45, 7) is 1.74. The lowest BCUT2D eigenvalue weighted by atomic mass is 10.1. The first-order valence-electron chi connectivity index (χ1n) is 5.41. The molecule has 7 heteroatoms. The molecule has 1 aliphatic heterocycles. The summed E-state index contributed by atoms with van der Waals surface area (Å²) in [7, 11) is 0. The van der Waals surface area contributed by atoms with Crippen molar-refractivity contribution in [3.8, 4) is 0 Å². The fraction of sp³-hybridized carbons (Fsp3) is 0.500. The van der Waals surface area contributed by atoms with Gasteiger partial charge in [-0.05, 0) is 19.4 Å². The fourth-order valence-electron chi connectivity index (χ4n) is 1.78. The highest BCUT2D eigenvalue weighted by molar-refractivity contribution is 7.13. The molecule has 1 aromatic heterocycles. The Hall–Kier alpha value is -1.47. The molecule has 1 aliphatic rings. The lowest BCUT2D eigenvalue weighted by Crippen LogP contribution is -2.45. The molecule has 1 fully saturated rings. The molecule has 2 N–H and O–H groups in total. The number of carbonyl (C=O) groups is 1. The minimum absolute atomic E-state index is 0.00285. The molecule has 1 saturated heterocycles. The van der Waals surface area contributed by atoms with Gasteiger partial charge in [0.1, 0.15) is 0 Å². The van der Waals surface area contributed by atoms with E-state index in [1.807, 2.05) is 0 Å². The number of rotatable bonds is 3. The molecule has 0 radical (unpaired) electrons. The fourth-order valence-corrected chi connectivity index (χ4v) is 2.49. The molecule has 0 saturated carbocycles. The maximum Gasteiger partial charge on any atom is 0.324 e. The predicted octanol–water partition coefficient (Wildman–Crippen LogP) is 1.14. The van der Waals surface area contributed by atoms with Gasteiger partial charge >= 0.3 is 5.00 Å². The van der Waals surface area contributed by atoms with Crippen LogP contribution in [0.15, 0.2) is 11.4 Å². The van der Waals surface area contributed by atoms with Gasteiger partial charge in [-0.1, -0.05) is 11.3 Å². The van der Waals surface area contributed by atoms with Gasteiger partial charge in [-0.2, -0.15) is 0 Å². The number of piperidine rings is 1. The Balaban J connectivity index is 1.96. The van der Waals surface area contributed by atoms with Crippen molar-refractivity contribution in [3.05, 3.63) is 27.1 Å². The average Bonchev–Trinajstić information content (AvgIpc) is 2.79. The normalized spacial score (nSPS) is 19.9. The first kappa shape index (κ1) is 12.0. The van der Waals surface area contributed by atoms with Crippen LogP contribution in [0, 0.1) is 10.1 Å². The van der Waals surface area contributed by atoms with E-state index >= 15 is 0 Å². The summed E-state index contributed by atoms with van der Waals surface area (Å²) in [5.74, 6) is -0.233. The molecule has 1 atom stereocenters. The van der Waals surface area contributed by atoms with Gasteiger partial charge in [-0.3, -0.25) is 14.9 Å². The van der Waals surface area contributed by atoms with Crippen LogP contribution in [-0.4, -0.2) is 30.0 Å². The summed E-state index contributed by atoms with van der Waals surface area (Å²) < 4.78 is 0. The average molecular weight is 255 g/mol. The zero-order chi connectivity index (χ0) is 12.3. The zero-order valence-corrected chi connectivity index (χ0v) is 9.96. The van der Waals surface area contributed by atoms with Crippen LogP contribution in [0.1, 0.15) is 23.2 Å². The van der Waals surface area contributed by atoms with Crippen LogP contribution in [0.4, 0.5) is 5.00 Å². The van der Waals surface area contributed by atoms with Gasteiger partial charge in [0.25, 0.3) is 5.91 Å². The Bertz CT molecular complexity index is 426. The largest absolute Gasteiger partial charge is 0.348 e. The highest BCUT2D eigenvalue weighted by atomic mass is 32.1.